The third kappa shape index (κ3) is 7.06. The van der Waals surface area contributed by atoms with Crippen molar-refractivity contribution in [2.75, 3.05) is 6.54 Å². The van der Waals surface area contributed by atoms with Crippen molar-refractivity contribution in [2.24, 2.45) is 16.2 Å². The van der Waals surface area contributed by atoms with Gasteiger partial charge in [-0.2, -0.15) is 0 Å². The largest absolute Gasteiger partial charge is 0.712 e. The molecule has 12 nitrogen and oxygen atoms in total. The number of Topliss-reactive ketones (excluding diaryl/α,β-unsaturated/α-hetero) is 1. The van der Waals surface area contributed by atoms with Gasteiger partial charge in [-0.1, -0.05) is 67.5 Å². The van der Waals surface area contributed by atoms with Crippen molar-refractivity contribution in [3.8, 4) is 0 Å². The summed E-state index contributed by atoms with van der Waals surface area (Å²) in [5.74, 6) is -3.17. The number of carboxylic acids is 1. The summed E-state index contributed by atoms with van der Waals surface area (Å²) >= 11 is 0. The number of carbonyl (C=O) groups excluding carboxylic acids is 3. The number of rotatable bonds is 14. The van der Waals surface area contributed by atoms with Crippen LogP contribution >= 0.6 is 0 Å². The molecule has 0 fully saturated rings. The van der Waals surface area contributed by atoms with Gasteiger partial charge in [-0.3, -0.25) is 19.2 Å². The average molecular weight is 574 g/mol. The minimum absolute atomic E-state index is 0.0116. The van der Waals surface area contributed by atoms with E-state index in [-0.39, 0.29) is 31.1 Å². The molecule has 2 heterocycles. The second-order valence-corrected chi connectivity index (χ2v) is 10.7. The first kappa shape index (κ1) is 30.1. The minimum Gasteiger partial charge on any atom is -0.712 e. The third-order valence-corrected chi connectivity index (χ3v) is 7.22. The Bertz CT molecular complexity index is 1500. The monoisotopic (exact) mass is 573 g/mol. The standard InChI is InChI=1S/C30H33N6O6/c1-18(2)28(35-26(38)12-20-16-32-22-11-7-6-10-21(20)22)24-15-30(42-36-24,14-19-8-4-3-5-9-19)29(41)34-23(13-27(39)40)25(37)17-33-31/h3-11,16,18,23,28,32H,12-15,17H2,1-2H3,(H,34,41)(H,35,38)(H,39,40)/q-1/t23-,28?,30?/m0/s1. The first-order valence-electron chi connectivity index (χ1n) is 13.6. The number of nitrogens with zero attached hydrogens (tertiary/aromatic N) is 3. The highest BCUT2D eigenvalue weighted by Crippen LogP contribution is 2.31. The number of aliphatic carboxylic acids is 1. The number of carbonyl (C=O) groups is 4. The van der Waals surface area contributed by atoms with Crippen molar-refractivity contribution in [1.29, 1.82) is 0 Å². The van der Waals surface area contributed by atoms with E-state index in [4.69, 9.17) is 10.4 Å². The van der Waals surface area contributed by atoms with E-state index in [2.05, 4.69) is 25.9 Å². The Labute approximate surface area is 242 Å². The number of aromatic nitrogens is 1. The van der Waals surface area contributed by atoms with Crippen molar-refractivity contribution in [3.05, 3.63) is 77.5 Å². The van der Waals surface area contributed by atoms with Gasteiger partial charge in [-0.05, 0) is 23.1 Å². The molecular formula is C30H33N6O6-. The summed E-state index contributed by atoms with van der Waals surface area (Å²) in [5.41, 5.74) is 10.2. The zero-order valence-electron chi connectivity index (χ0n) is 23.4. The van der Waals surface area contributed by atoms with Gasteiger partial charge in [-0.15, -0.1) is 0 Å². The van der Waals surface area contributed by atoms with Gasteiger partial charge >= 0.3 is 5.97 Å². The Morgan fingerprint density at radius 1 is 1.10 bits per heavy atom. The number of fused-ring (bicyclic) bond motifs is 1. The van der Waals surface area contributed by atoms with Crippen LogP contribution in [0.3, 0.4) is 0 Å². The van der Waals surface area contributed by atoms with Crippen molar-refractivity contribution < 1.29 is 29.1 Å². The zero-order valence-corrected chi connectivity index (χ0v) is 23.4. The predicted molar refractivity (Wildman–Crippen MR) is 155 cm³/mol. The fraction of sp³-hybridized carbons (Fsp3) is 0.367. The van der Waals surface area contributed by atoms with Gasteiger partial charge in [0.15, 0.2) is 5.78 Å². The summed E-state index contributed by atoms with van der Waals surface area (Å²) < 4.78 is 0. The minimum atomic E-state index is -1.61. The summed E-state index contributed by atoms with van der Waals surface area (Å²) in [5, 5.41) is 22.8. The first-order valence-corrected chi connectivity index (χ1v) is 13.6. The molecule has 0 saturated carbocycles. The van der Waals surface area contributed by atoms with Crippen molar-refractivity contribution in [2.45, 2.75) is 57.2 Å². The summed E-state index contributed by atoms with van der Waals surface area (Å²) in [6.45, 7) is 3.15. The maximum absolute atomic E-state index is 13.7. The van der Waals surface area contributed by atoms with Crippen LogP contribution in [0.2, 0.25) is 0 Å². The molecule has 1 aliphatic heterocycles. The fourth-order valence-corrected chi connectivity index (χ4v) is 5.09. The number of oxime groups is 1. The van der Waals surface area contributed by atoms with Gasteiger partial charge in [0.25, 0.3) is 5.91 Å². The topological polar surface area (TPSA) is 185 Å². The number of ketones is 1. The highest BCUT2D eigenvalue weighted by Gasteiger charge is 2.49. The second kappa shape index (κ2) is 13.2. The Morgan fingerprint density at radius 2 is 1.81 bits per heavy atom. The molecule has 0 spiro atoms. The highest BCUT2D eigenvalue weighted by atomic mass is 16.7. The molecule has 0 aliphatic carbocycles. The normalized spacial score (nSPS) is 17.6. The van der Waals surface area contributed by atoms with Gasteiger partial charge in [0, 0.05) is 29.9 Å². The van der Waals surface area contributed by atoms with Gasteiger partial charge in [0.1, 0.15) is 0 Å². The van der Waals surface area contributed by atoms with Crippen LogP contribution in [0, 0.1) is 5.92 Å². The average Bonchev–Trinajstić information content (AvgIpc) is 3.57. The van der Waals surface area contributed by atoms with Crippen LogP contribution in [-0.2, 0) is 36.9 Å². The number of hydrogen-bond acceptors (Lipinski definition) is 7. The lowest BCUT2D eigenvalue weighted by Crippen LogP contribution is -2.55. The molecule has 1 aliphatic rings. The molecule has 2 amide bonds. The number of carboxylic acid groups (broad SMARTS) is 1. The molecule has 0 bridgehead atoms. The molecule has 2 aromatic carbocycles. The summed E-state index contributed by atoms with van der Waals surface area (Å²) in [6, 6.07) is 14.7. The van der Waals surface area contributed by atoms with E-state index < -0.39 is 48.3 Å². The van der Waals surface area contributed by atoms with Crippen LogP contribution in [0.4, 0.5) is 0 Å². The molecule has 0 saturated heterocycles. The van der Waals surface area contributed by atoms with Crippen LogP contribution < -0.4 is 10.6 Å². The maximum Gasteiger partial charge on any atom is 0.305 e. The molecule has 0 radical (unpaired) electrons. The number of nitrogens with one attached hydrogen (secondary N) is 3. The smallest absolute Gasteiger partial charge is 0.305 e. The number of para-hydroxylation sites is 1. The SMILES string of the molecule is CC(C)C(NC(=O)Cc1c[nH]c2ccccc12)C1=NOC(Cc2ccccc2)(C(=O)N[C@@H](CC(=O)O)C(=O)CN=[N-])C1. The number of benzene rings is 2. The zero-order chi connectivity index (χ0) is 30.3. The van der Waals surface area contributed by atoms with E-state index in [1.54, 1.807) is 18.3 Å². The fourth-order valence-electron chi connectivity index (χ4n) is 5.09. The number of hydrogen-bond donors (Lipinski definition) is 4. The number of amides is 2. The quantitative estimate of drug-likeness (QED) is 0.215. The Kier molecular flexibility index (Phi) is 9.46. The number of H-pyrrole nitrogens is 1. The van der Waals surface area contributed by atoms with E-state index in [9.17, 15) is 24.3 Å². The molecule has 4 rings (SSSR count). The van der Waals surface area contributed by atoms with Crippen LogP contribution in [-0.4, -0.2) is 63.6 Å². The van der Waals surface area contributed by atoms with Crippen molar-refractivity contribution in [1.82, 2.24) is 15.6 Å². The highest BCUT2D eigenvalue weighted by molar-refractivity contribution is 6.02. The Morgan fingerprint density at radius 3 is 2.50 bits per heavy atom. The molecule has 2 unspecified atom stereocenters. The molecule has 12 heteroatoms. The van der Waals surface area contributed by atoms with Crippen LogP contribution in [0.25, 0.3) is 16.4 Å². The summed E-state index contributed by atoms with van der Waals surface area (Å²) in [7, 11) is 0. The first-order chi connectivity index (χ1) is 20.1. The van der Waals surface area contributed by atoms with Crippen LogP contribution in [0.5, 0.6) is 0 Å². The second-order valence-electron chi connectivity index (χ2n) is 10.7. The maximum atomic E-state index is 13.7. The molecule has 4 N–H and O–H groups in total. The Balaban J connectivity index is 1.55. The van der Waals surface area contributed by atoms with Crippen molar-refractivity contribution >= 4 is 40.2 Å². The summed E-state index contributed by atoms with van der Waals surface area (Å²) in [6.07, 6.45) is 1.29. The molecule has 42 heavy (non-hydrogen) atoms. The van der Waals surface area contributed by atoms with Gasteiger partial charge < -0.3 is 36.2 Å². The molecule has 3 aromatic rings. The molecule has 3 atom stereocenters. The molecular weight excluding hydrogens is 540 g/mol. The lowest BCUT2D eigenvalue weighted by Gasteiger charge is -2.29. The number of aromatic amines is 1. The molecule has 220 valence electrons. The van der Waals surface area contributed by atoms with Crippen LogP contribution in [0.15, 0.2) is 71.1 Å². The van der Waals surface area contributed by atoms with E-state index >= 15 is 0 Å². The van der Waals surface area contributed by atoms with Crippen LogP contribution in [0.1, 0.15) is 37.8 Å². The predicted octanol–water partition coefficient (Wildman–Crippen LogP) is 3.16. The van der Waals surface area contributed by atoms with Gasteiger partial charge in [0.2, 0.25) is 11.5 Å². The van der Waals surface area contributed by atoms with E-state index in [1.807, 2.05) is 56.3 Å². The summed E-state index contributed by atoms with van der Waals surface area (Å²) in [4.78, 5) is 59.7. The lowest BCUT2D eigenvalue weighted by molar-refractivity contribution is -0.147. The van der Waals surface area contributed by atoms with E-state index in [1.165, 1.54) is 0 Å². The molecule has 1 aromatic heterocycles. The van der Waals surface area contributed by atoms with Gasteiger partial charge in [-0.25, -0.2) is 0 Å². The van der Waals surface area contributed by atoms with Crippen molar-refractivity contribution in [3.63, 3.8) is 0 Å². The van der Waals surface area contributed by atoms with Gasteiger partial charge in [0.05, 0.1) is 37.2 Å². The third-order valence-electron chi connectivity index (χ3n) is 7.22. The van der Waals surface area contributed by atoms with E-state index in [0.717, 1.165) is 22.0 Å². The van der Waals surface area contributed by atoms with E-state index in [0.29, 0.717) is 5.71 Å². The lowest BCUT2D eigenvalue weighted by atomic mass is 9.84. The Hall–Kier alpha value is -4.87.